The molecule has 6 atom stereocenters. The highest BCUT2D eigenvalue weighted by molar-refractivity contribution is 9.09. The number of halogens is 1. The van der Waals surface area contributed by atoms with Gasteiger partial charge in [0.1, 0.15) is 52.3 Å². The van der Waals surface area contributed by atoms with Gasteiger partial charge in [0.2, 0.25) is 0 Å². The second-order valence-corrected chi connectivity index (χ2v) is 40.4. The molecule has 774 valence electrons. The Kier molecular flexibility index (Phi) is 56.8. The van der Waals surface area contributed by atoms with Gasteiger partial charge in [-0.05, 0) is 286 Å². The molecular weight excluding hydrogens is 1840 g/mol. The number of hydrogen-bond donors (Lipinski definition) is 7. The van der Waals surface area contributed by atoms with Crippen molar-refractivity contribution in [3.05, 3.63) is 119 Å². The standard InChI is InChI=1S/C45H51N3O7.C39H71N3O11.C15H31N3O3.C6H11BrO2/c1-46-25-13-11-15-30(43(50)53-2)27-42(49)41(48-45(52)55-29-40-37-22-9-5-18-33(37)34-19-6-10-23-38(34)40)24-12-14-26-47-44(51)54-28-39-35-20-7-3-16-31(35)32-17-4-8-21-36(32)39;1-36(2,3)50-31(44)24-41(25-32(45)51-37(4,5)6)22-18-16-20-29(30(43)23-28(35(48)49-14)19-15-17-21-40-13)42(26-33(46)52-38(7,8)9)27-34(47)53-39(10,11)12;1-18-10-6-4-7-12(15(20)21-2)11-14(19)13(17)8-3-5-9-16;1-6(2,3)9-5(8)4-7/h3-10,16-23,30,39-41,46H,11-15,24-29H2,1-2H3,(H,47,51)(H,48,52);28-29,40H,15-27H2,1-14H3;12-13,18H,3-11,16-17H2,1-2H3;4H2,1-3H3/t30-,41+;28-,29+;12-,13+;/m111./s1. The third-order valence-corrected chi connectivity index (χ3v) is 22.6. The summed E-state index contributed by atoms with van der Waals surface area (Å²) in [5.41, 5.74) is 16.9. The number of amides is 2. The van der Waals surface area contributed by atoms with Crippen LogP contribution in [0, 0.1) is 17.8 Å². The van der Waals surface area contributed by atoms with E-state index in [-0.39, 0.29) is 130 Å². The van der Waals surface area contributed by atoms with Gasteiger partial charge in [-0.3, -0.25) is 62.5 Å². The average Bonchev–Trinajstić information content (AvgIpc) is 1.62. The van der Waals surface area contributed by atoms with Crippen LogP contribution in [0.1, 0.15) is 273 Å². The van der Waals surface area contributed by atoms with E-state index in [0.29, 0.717) is 77.3 Å². The molecule has 0 saturated heterocycles. The Balaban J connectivity index is 0.000000549. The number of Topliss-reactive ketones (excluding diaryl/α,β-unsaturated/α-hetero) is 3. The number of nitrogens with zero attached hydrogens (tertiary/aromatic N) is 2. The number of carbonyl (C=O) groups is 13. The van der Waals surface area contributed by atoms with E-state index in [1.165, 1.54) is 26.2 Å². The number of hydrogen-bond acceptors (Lipinski definition) is 30. The number of esters is 8. The predicted octanol–water partition coefficient (Wildman–Crippen LogP) is 14.7. The number of carbonyl (C=O) groups excluding carboxylic acids is 13. The van der Waals surface area contributed by atoms with E-state index in [4.69, 9.17) is 58.8 Å². The third kappa shape index (κ3) is 50.0. The van der Waals surface area contributed by atoms with Crippen molar-refractivity contribution in [1.29, 1.82) is 0 Å². The lowest BCUT2D eigenvalue weighted by molar-refractivity contribution is -0.163. The van der Waals surface area contributed by atoms with Crippen LogP contribution in [0.5, 0.6) is 0 Å². The van der Waals surface area contributed by atoms with Gasteiger partial charge in [0.25, 0.3) is 0 Å². The molecule has 2 amide bonds. The first kappa shape index (κ1) is 123. The van der Waals surface area contributed by atoms with Crippen molar-refractivity contribution < 1.29 is 110 Å². The Morgan fingerprint density at radius 1 is 0.377 bits per heavy atom. The number of benzene rings is 4. The van der Waals surface area contributed by atoms with Gasteiger partial charge in [-0.25, -0.2) is 9.59 Å². The molecule has 0 radical (unpaired) electrons. The second kappa shape index (κ2) is 63.9. The number of alkyl halides is 1. The molecule has 32 nitrogen and oxygen atoms in total. The Hall–Kier alpha value is -9.61. The summed E-state index contributed by atoms with van der Waals surface area (Å²) in [6, 6.07) is 30.2. The van der Waals surface area contributed by atoms with E-state index in [1.807, 2.05) is 103 Å². The SMILES string of the molecule is CC(C)(C)OC(=O)CBr.CNCCCC[C@H](CC(=O)[C@@H](N)CCCCN)C(=O)OC.CNCCCC[C@H](CC(=O)[C@H](CCCCN(CC(=O)OC(C)(C)C)CC(=O)OC(C)(C)C)N(CC(=O)OC(C)(C)C)CC(=O)OC(C)(C)C)C(=O)OC.CNCCCC[C@H](CC(=O)[C@H](CCCCNC(=O)OCC1c2ccccc2-c2ccccc21)NC(=O)OCC1c2ccccc2-c2ccccc21)C(=O)OC. The van der Waals surface area contributed by atoms with Gasteiger partial charge in [0, 0.05) is 37.6 Å². The molecule has 0 aromatic heterocycles. The maximum Gasteiger partial charge on any atom is 0.407 e. The van der Waals surface area contributed by atoms with Gasteiger partial charge in [0.05, 0.1) is 83.4 Å². The molecule has 0 aliphatic heterocycles. The minimum absolute atomic E-state index is 0.0361. The van der Waals surface area contributed by atoms with Crippen molar-refractivity contribution in [2.24, 2.45) is 29.2 Å². The second-order valence-electron chi connectivity index (χ2n) is 39.8. The van der Waals surface area contributed by atoms with Gasteiger partial charge in [0.15, 0.2) is 11.6 Å². The van der Waals surface area contributed by atoms with Crippen LogP contribution in [-0.2, 0) is 100 Å². The van der Waals surface area contributed by atoms with Crippen molar-refractivity contribution >= 4 is 93.2 Å². The summed E-state index contributed by atoms with van der Waals surface area (Å²) in [5.74, 6) is -6.26. The highest BCUT2D eigenvalue weighted by Gasteiger charge is 2.38. The van der Waals surface area contributed by atoms with Gasteiger partial charge >= 0.3 is 59.9 Å². The Morgan fingerprint density at radius 2 is 0.696 bits per heavy atom. The number of alkyl carbamates (subject to hydrolysis) is 2. The van der Waals surface area contributed by atoms with Gasteiger partial charge < -0.3 is 85.4 Å². The Morgan fingerprint density at radius 3 is 1.04 bits per heavy atom. The molecule has 0 saturated carbocycles. The molecule has 0 fully saturated rings. The quantitative estimate of drug-likeness (QED) is 0.00934. The fourth-order valence-electron chi connectivity index (χ4n) is 16.0. The number of methoxy groups -OCH3 is 3. The van der Waals surface area contributed by atoms with Crippen molar-refractivity contribution in [1.82, 2.24) is 36.4 Å². The molecule has 9 N–H and O–H groups in total. The number of rotatable bonds is 56. The number of fused-ring (bicyclic) bond motifs is 6. The summed E-state index contributed by atoms with van der Waals surface area (Å²) in [7, 11) is 9.56. The molecule has 4 aromatic carbocycles. The van der Waals surface area contributed by atoms with E-state index in [0.717, 1.165) is 109 Å². The van der Waals surface area contributed by atoms with E-state index in [9.17, 15) is 62.3 Å². The molecule has 138 heavy (non-hydrogen) atoms. The van der Waals surface area contributed by atoms with E-state index >= 15 is 0 Å². The fourth-order valence-corrected chi connectivity index (χ4v) is 16.1. The summed E-state index contributed by atoms with van der Waals surface area (Å²) in [6.45, 7) is 29.4. The maximum absolute atomic E-state index is 14.2. The molecule has 6 rings (SSSR count). The zero-order valence-corrected chi connectivity index (χ0v) is 87.8. The summed E-state index contributed by atoms with van der Waals surface area (Å²) < 4.78 is 53.4. The number of unbranched alkanes of at least 4 members (excludes halogenated alkanes) is 6. The van der Waals surface area contributed by atoms with E-state index in [2.05, 4.69) is 78.9 Å². The fraction of sp³-hybridized carbons (Fsp3) is 0.648. The van der Waals surface area contributed by atoms with Crippen LogP contribution >= 0.6 is 15.9 Å². The maximum atomic E-state index is 14.2. The lowest BCUT2D eigenvalue weighted by Crippen LogP contribution is -2.49. The minimum atomic E-state index is -0.968. The summed E-state index contributed by atoms with van der Waals surface area (Å²) in [4.78, 5) is 169. The van der Waals surface area contributed by atoms with Crippen molar-refractivity contribution in [2.75, 3.05) is 126 Å². The molecule has 0 heterocycles. The van der Waals surface area contributed by atoms with E-state index < -0.39 is 100 Å². The molecular formula is C105H164BrN9O23. The first-order chi connectivity index (χ1) is 65.0. The topological polar surface area (TPSA) is 433 Å². The predicted molar refractivity (Wildman–Crippen MR) is 537 cm³/mol. The monoisotopic (exact) mass is 2000 g/mol. The lowest BCUT2D eigenvalue weighted by atomic mass is 9.91. The molecule has 2 aliphatic rings. The van der Waals surface area contributed by atoms with Crippen LogP contribution in [0.3, 0.4) is 0 Å². The smallest absolute Gasteiger partial charge is 0.407 e. The van der Waals surface area contributed by atoms with Crippen molar-refractivity contribution in [2.45, 2.75) is 297 Å². The van der Waals surface area contributed by atoms with Gasteiger partial charge in [-0.1, -0.05) is 145 Å². The summed E-state index contributed by atoms with van der Waals surface area (Å²) in [6.07, 6.45) is 10.1. The highest BCUT2D eigenvalue weighted by Crippen LogP contribution is 2.46. The number of nitrogens with one attached hydrogen (secondary N) is 5. The van der Waals surface area contributed by atoms with Crippen LogP contribution in [0.25, 0.3) is 22.3 Å². The largest absolute Gasteiger partial charge is 0.469 e. The molecule has 0 bridgehead atoms. The normalized spacial score (nSPS) is 13.6. The van der Waals surface area contributed by atoms with Crippen LogP contribution < -0.4 is 38.1 Å². The highest BCUT2D eigenvalue weighted by atomic mass is 79.9. The molecule has 33 heteroatoms. The summed E-state index contributed by atoms with van der Waals surface area (Å²) in [5, 5.41) is 15.1. The Bertz CT molecular complexity index is 4270. The van der Waals surface area contributed by atoms with E-state index in [1.54, 1.807) is 88.0 Å². The van der Waals surface area contributed by atoms with Crippen LogP contribution in [0.2, 0.25) is 0 Å². The van der Waals surface area contributed by atoms with Gasteiger partial charge in [-0.2, -0.15) is 0 Å². The third-order valence-electron chi connectivity index (χ3n) is 22.2. The molecule has 4 aromatic rings. The average molecular weight is 2000 g/mol. The van der Waals surface area contributed by atoms with Crippen molar-refractivity contribution in [3.8, 4) is 22.3 Å². The van der Waals surface area contributed by atoms with Crippen LogP contribution in [-0.4, -0.2) is 260 Å². The van der Waals surface area contributed by atoms with Gasteiger partial charge in [-0.15, -0.1) is 0 Å². The molecule has 0 unspecified atom stereocenters. The number of nitrogens with two attached hydrogens (primary N) is 2. The first-order valence-electron chi connectivity index (χ1n) is 48.6. The first-order valence-corrected chi connectivity index (χ1v) is 49.7. The minimum Gasteiger partial charge on any atom is -0.469 e. The van der Waals surface area contributed by atoms with Crippen LogP contribution in [0.4, 0.5) is 9.59 Å². The zero-order chi connectivity index (χ0) is 103. The number of ketones is 3. The Labute approximate surface area is 828 Å². The number of ether oxygens (including phenoxy) is 10. The summed E-state index contributed by atoms with van der Waals surface area (Å²) >= 11 is 2.99. The molecule has 2 aliphatic carbocycles. The zero-order valence-electron chi connectivity index (χ0n) is 86.2. The lowest BCUT2D eigenvalue weighted by Gasteiger charge is -2.32. The van der Waals surface area contributed by atoms with Crippen LogP contribution in [0.15, 0.2) is 97.1 Å². The van der Waals surface area contributed by atoms with Crippen molar-refractivity contribution in [3.63, 3.8) is 0 Å². The molecule has 0 spiro atoms.